The van der Waals surface area contributed by atoms with Crippen LogP contribution in [-0.4, -0.2) is 41.3 Å². The molecule has 9 nitrogen and oxygen atoms in total. The van der Waals surface area contributed by atoms with Crippen molar-refractivity contribution in [2.75, 3.05) is 17.7 Å². The van der Waals surface area contributed by atoms with Crippen LogP contribution >= 0.6 is 11.5 Å². The number of para-hydroxylation sites is 1. The molecule has 0 radical (unpaired) electrons. The smallest absolute Gasteiger partial charge is 0.273 e. The predicted molar refractivity (Wildman–Crippen MR) is 165 cm³/mol. The number of hydrogen-bond acceptors (Lipinski definition) is 7. The van der Waals surface area contributed by atoms with Crippen LogP contribution in [0.4, 0.5) is 15.8 Å². The minimum absolute atomic E-state index is 0.0272. The van der Waals surface area contributed by atoms with Gasteiger partial charge in [0.1, 0.15) is 22.5 Å². The standard InChI is InChI=1S/C32H38FN5O4S/c1-42-23-18-16-20(17-19-23)28(31(40)36-22-12-6-3-7-13-22)38(25-15-9-8-14-24(25)33)32(41)29-26(34)27(37-43-29)30(39)35-21-10-4-2-5-11-21/h8-9,14-19,21-22,28H,2-7,10-13,34H2,1H3,(H,35,39)(H,36,40)/t28-/m0/s1. The molecule has 1 atom stereocenters. The van der Waals surface area contributed by atoms with Crippen molar-refractivity contribution in [1.82, 2.24) is 15.0 Å². The molecule has 2 aromatic carbocycles. The second-order valence-electron chi connectivity index (χ2n) is 11.2. The molecule has 2 saturated carbocycles. The van der Waals surface area contributed by atoms with Gasteiger partial charge in [-0.05, 0) is 67.0 Å². The zero-order valence-corrected chi connectivity index (χ0v) is 25.1. The number of halogens is 1. The number of hydrogen-bond donors (Lipinski definition) is 3. The fourth-order valence-electron chi connectivity index (χ4n) is 5.97. The number of benzene rings is 2. The molecular weight excluding hydrogens is 569 g/mol. The first kappa shape index (κ1) is 30.5. The number of ether oxygens (including phenoxy) is 1. The van der Waals surface area contributed by atoms with Crippen molar-refractivity contribution in [2.45, 2.75) is 82.3 Å². The average Bonchev–Trinajstić information content (AvgIpc) is 3.42. The molecule has 3 amide bonds. The minimum atomic E-state index is -1.24. The first-order valence-electron chi connectivity index (χ1n) is 15.0. The van der Waals surface area contributed by atoms with Crippen LogP contribution in [0, 0.1) is 5.82 Å². The Kier molecular flexibility index (Phi) is 9.91. The van der Waals surface area contributed by atoms with E-state index >= 15 is 4.39 Å². The lowest BCUT2D eigenvalue weighted by molar-refractivity contribution is -0.123. The Balaban J connectivity index is 1.54. The number of methoxy groups -OCH3 is 1. The van der Waals surface area contributed by atoms with E-state index in [1.807, 2.05) is 0 Å². The highest BCUT2D eigenvalue weighted by molar-refractivity contribution is 7.09. The first-order chi connectivity index (χ1) is 20.9. The predicted octanol–water partition coefficient (Wildman–Crippen LogP) is 5.77. The Morgan fingerprint density at radius 2 is 1.53 bits per heavy atom. The number of amides is 3. The third-order valence-electron chi connectivity index (χ3n) is 8.30. The summed E-state index contributed by atoms with van der Waals surface area (Å²) in [5, 5.41) is 6.10. The molecule has 2 fully saturated rings. The molecule has 0 saturated heterocycles. The van der Waals surface area contributed by atoms with Gasteiger partial charge in [0, 0.05) is 12.1 Å². The number of carbonyl (C=O) groups is 3. The quantitative estimate of drug-likeness (QED) is 0.283. The third-order valence-corrected chi connectivity index (χ3v) is 9.15. The number of nitrogens with one attached hydrogen (secondary N) is 2. The van der Waals surface area contributed by atoms with Gasteiger partial charge in [-0.15, -0.1) is 0 Å². The van der Waals surface area contributed by atoms with Crippen molar-refractivity contribution in [2.24, 2.45) is 0 Å². The van der Waals surface area contributed by atoms with Gasteiger partial charge in [0.05, 0.1) is 18.5 Å². The zero-order valence-electron chi connectivity index (χ0n) is 24.3. The van der Waals surface area contributed by atoms with Crippen LogP contribution in [0.1, 0.15) is 96.0 Å². The van der Waals surface area contributed by atoms with E-state index in [9.17, 15) is 14.4 Å². The van der Waals surface area contributed by atoms with Gasteiger partial charge in [-0.25, -0.2) is 4.39 Å². The van der Waals surface area contributed by atoms with E-state index in [1.54, 1.807) is 30.3 Å². The Bertz CT molecular complexity index is 1430. The van der Waals surface area contributed by atoms with E-state index < -0.39 is 29.6 Å². The SMILES string of the molecule is COc1ccc([C@@H](C(=O)NC2CCCCC2)N(C(=O)c2snc(C(=O)NC3CCCCC3)c2N)c2ccccc2F)cc1. The van der Waals surface area contributed by atoms with Crippen molar-refractivity contribution >= 4 is 40.6 Å². The van der Waals surface area contributed by atoms with Gasteiger partial charge in [-0.2, -0.15) is 4.37 Å². The zero-order chi connectivity index (χ0) is 30.3. The molecule has 2 aliphatic rings. The van der Waals surface area contributed by atoms with Crippen LogP contribution in [0.25, 0.3) is 0 Å². The summed E-state index contributed by atoms with van der Waals surface area (Å²) in [5.41, 5.74) is 6.63. The molecule has 0 unspecified atom stereocenters. The minimum Gasteiger partial charge on any atom is -0.497 e. The van der Waals surface area contributed by atoms with Gasteiger partial charge in [0.15, 0.2) is 5.69 Å². The molecule has 0 spiro atoms. The molecule has 5 rings (SSSR count). The Morgan fingerprint density at radius 1 is 0.930 bits per heavy atom. The fraction of sp³-hybridized carbons (Fsp3) is 0.438. The van der Waals surface area contributed by atoms with Gasteiger partial charge in [0.25, 0.3) is 11.8 Å². The number of nitrogens with two attached hydrogens (primary N) is 1. The van der Waals surface area contributed by atoms with Crippen molar-refractivity contribution in [3.63, 3.8) is 0 Å². The highest BCUT2D eigenvalue weighted by Crippen LogP contribution is 2.35. The van der Waals surface area contributed by atoms with Crippen molar-refractivity contribution in [3.05, 3.63) is 70.5 Å². The van der Waals surface area contributed by atoms with Crippen molar-refractivity contribution < 1.29 is 23.5 Å². The summed E-state index contributed by atoms with van der Waals surface area (Å²) >= 11 is 0.768. The summed E-state index contributed by atoms with van der Waals surface area (Å²) in [6.45, 7) is 0. The van der Waals surface area contributed by atoms with Gasteiger partial charge in [-0.3, -0.25) is 19.3 Å². The second kappa shape index (κ2) is 14.0. The van der Waals surface area contributed by atoms with Crippen LogP contribution in [0.5, 0.6) is 5.75 Å². The summed E-state index contributed by atoms with van der Waals surface area (Å²) < 4.78 is 25.0. The monoisotopic (exact) mass is 607 g/mol. The first-order valence-corrected chi connectivity index (χ1v) is 15.7. The Labute approximate surface area is 255 Å². The van der Waals surface area contributed by atoms with Crippen LogP contribution in [0.15, 0.2) is 48.5 Å². The molecule has 1 aromatic heterocycles. The largest absolute Gasteiger partial charge is 0.497 e. The van der Waals surface area contributed by atoms with Crippen LogP contribution in [0.3, 0.4) is 0 Å². The van der Waals surface area contributed by atoms with E-state index in [2.05, 4.69) is 15.0 Å². The lowest BCUT2D eigenvalue weighted by atomic mass is 9.94. The maximum Gasteiger partial charge on any atom is 0.273 e. The Morgan fingerprint density at radius 3 is 2.14 bits per heavy atom. The normalized spacial score (nSPS) is 16.7. The lowest BCUT2D eigenvalue weighted by Gasteiger charge is -2.33. The Hall–Kier alpha value is -3.99. The van der Waals surface area contributed by atoms with Crippen LogP contribution < -0.4 is 26.0 Å². The molecular formula is C32H38FN5O4S. The maximum absolute atomic E-state index is 15.5. The number of rotatable bonds is 9. The van der Waals surface area contributed by atoms with Crippen molar-refractivity contribution in [3.8, 4) is 5.75 Å². The van der Waals surface area contributed by atoms with Gasteiger partial charge < -0.3 is 21.1 Å². The molecule has 4 N–H and O–H groups in total. The number of nitrogen functional groups attached to an aromatic ring is 1. The number of anilines is 2. The van der Waals surface area contributed by atoms with Gasteiger partial charge >= 0.3 is 0 Å². The third kappa shape index (κ3) is 6.98. The number of carbonyl (C=O) groups excluding carboxylic acids is 3. The highest BCUT2D eigenvalue weighted by atomic mass is 32.1. The average molecular weight is 608 g/mol. The highest BCUT2D eigenvalue weighted by Gasteiger charge is 2.38. The summed E-state index contributed by atoms with van der Waals surface area (Å²) in [4.78, 5) is 42.7. The van der Waals surface area contributed by atoms with Gasteiger partial charge in [0.2, 0.25) is 5.91 Å². The summed E-state index contributed by atoms with van der Waals surface area (Å²) in [5.74, 6) is -1.72. The topological polar surface area (TPSA) is 127 Å². The van der Waals surface area contributed by atoms with Crippen molar-refractivity contribution in [1.29, 1.82) is 0 Å². The van der Waals surface area contributed by atoms with Crippen LogP contribution in [-0.2, 0) is 4.79 Å². The molecule has 43 heavy (non-hydrogen) atoms. The van der Waals surface area contributed by atoms with E-state index in [0.717, 1.165) is 80.6 Å². The molecule has 1 heterocycles. The summed E-state index contributed by atoms with van der Waals surface area (Å²) in [7, 11) is 1.53. The molecule has 11 heteroatoms. The number of nitrogens with zero attached hydrogens (tertiary/aromatic N) is 2. The van der Waals surface area contributed by atoms with E-state index in [0.29, 0.717) is 11.3 Å². The molecule has 228 valence electrons. The van der Waals surface area contributed by atoms with Crippen LogP contribution in [0.2, 0.25) is 0 Å². The van der Waals surface area contributed by atoms with E-state index in [-0.39, 0.29) is 34.0 Å². The summed E-state index contributed by atoms with van der Waals surface area (Å²) in [6.07, 6.45) is 9.72. The van der Waals surface area contributed by atoms with E-state index in [1.165, 1.54) is 25.3 Å². The second-order valence-corrected chi connectivity index (χ2v) is 12.0. The molecule has 3 aromatic rings. The fourth-order valence-corrected chi connectivity index (χ4v) is 6.70. The van der Waals surface area contributed by atoms with Gasteiger partial charge in [-0.1, -0.05) is 62.8 Å². The molecule has 2 aliphatic carbocycles. The molecule has 0 bridgehead atoms. The van der Waals surface area contributed by atoms with E-state index in [4.69, 9.17) is 10.5 Å². The molecule has 0 aliphatic heterocycles. The number of aromatic nitrogens is 1. The lowest BCUT2D eigenvalue weighted by Crippen LogP contribution is -2.47. The summed E-state index contributed by atoms with van der Waals surface area (Å²) in [6, 6.07) is 11.3. The maximum atomic E-state index is 15.5.